The predicted molar refractivity (Wildman–Crippen MR) is 57.5 cm³/mol. The molecule has 16 heavy (non-hydrogen) atoms. The van der Waals surface area contributed by atoms with Crippen LogP contribution in [0.2, 0.25) is 0 Å². The highest BCUT2D eigenvalue weighted by Crippen LogP contribution is 2.35. The maximum Gasteiger partial charge on any atom is 0.389 e. The molecular weight excluding hydrogens is 217 g/mol. The van der Waals surface area contributed by atoms with Crippen LogP contribution < -0.4 is 11.3 Å². The number of hydrogen-bond acceptors (Lipinski definition) is 2. The summed E-state index contributed by atoms with van der Waals surface area (Å²) in [5.41, 5.74) is 2.69. The van der Waals surface area contributed by atoms with Crippen molar-refractivity contribution in [2.24, 2.45) is 17.7 Å². The molecule has 0 aromatic heterocycles. The van der Waals surface area contributed by atoms with E-state index in [-0.39, 0.29) is 12.5 Å². The van der Waals surface area contributed by atoms with E-state index in [2.05, 4.69) is 12.3 Å². The molecule has 5 heteroatoms. The quantitative estimate of drug-likeness (QED) is 0.571. The summed E-state index contributed by atoms with van der Waals surface area (Å²) in [6, 6.07) is 0.0415. The normalized spacial score (nSPS) is 28.3. The van der Waals surface area contributed by atoms with Gasteiger partial charge in [-0.25, -0.2) is 0 Å². The Morgan fingerprint density at radius 2 is 2.06 bits per heavy atom. The zero-order valence-electron chi connectivity index (χ0n) is 9.69. The monoisotopic (exact) mass is 238 g/mol. The van der Waals surface area contributed by atoms with E-state index in [9.17, 15) is 13.2 Å². The van der Waals surface area contributed by atoms with Crippen molar-refractivity contribution >= 4 is 0 Å². The zero-order chi connectivity index (χ0) is 12.2. The van der Waals surface area contributed by atoms with Crippen LogP contribution in [0.3, 0.4) is 0 Å². The number of rotatable bonds is 5. The minimum Gasteiger partial charge on any atom is -0.271 e. The van der Waals surface area contributed by atoms with Gasteiger partial charge in [0, 0.05) is 12.5 Å². The summed E-state index contributed by atoms with van der Waals surface area (Å²) in [6.07, 6.45) is -0.632. The van der Waals surface area contributed by atoms with Gasteiger partial charge in [-0.05, 0) is 31.1 Å². The molecule has 1 rings (SSSR count). The van der Waals surface area contributed by atoms with Crippen molar-refractivity contribution in [1.82, 2.24) is 5.43 Å². The fraction of sp³-hybridized carbons (Fsp3) is 1.00. The fourth-order valence-electron chi connectivity index (χ4n) is 2.72. The number of hydrazine groups is 1. The van der Waals surface area contributed by atoms with Crippen LogP contribution in [0.15, 0.2) is 0 Å². The second-order valence-electron chi connectivity index (χ2n) is 4.85. The molecule has 0 heterocycles. The average Bonchev–Trinajstić information content (AvgIpc) is 2.58. The number of hydrogen-bond donors (Lipinski definition) is 2. The van der Waals surface area contributed by atoms with Crippen molar-refractivity contribution in [3.8, 4) is 0 Å². The third-order valence-electron chi connectivity index (χ3n) is 3.63. The first-order chi connectivity index (χ1) is 7.44. The molecule has 0 aromatic rings. The molecule has 96 valence electrons. The van der Waals surface area contributed by atoms with Crippen LogP contribution in [-0.4, -0.2) is 12.2 Å². The van der Waals surface area contributed by atoms with Gasteiger partial charge >= 0.3 is 6.18 Å². The van der Waals surface area contributed by atoms with E-state index in [0.717, 1.165) is 6.42 Å². The van der Waals surface area contributed by atoms with E-state index in [1.54, 1.807) is 0 Å². The molecule has 3 N–H and O–H groups in total. The lowest BCUT2D eigenvalue weighted by Crippen LogP contribution is -2.41. The second-order valence-corrected chi connectivity index (χ2v) is 4.85. The van der Waals surface area contributed by atoms with Gasteiger partial charge in [0.1, 0.15) is 0 Å². The van der Waals surface area contributed by atoms with Crippen molar-refractivity contribution < 1.29 is 13.2 Å². The Balaban J connectivity index is 2.31. The van der Waals surface area contributed by atoms with Crippen molar-refractivity contribution in [3.63, 3.8) is 0 Å². The number of alkyl halides is 3. The SMILES string of the molecule is CC1CCCC1C(CCCC(F)(F)F)NN. The Labute approximate surface area is 94.7 Å². The van der Waals surface area contributed by atoms with Crippen molar-refractivity contribution in [1.29, 1.82) is 0 Å². The maximum atomic E-state index is 12.0. The Morgan fingerprint density at radius 3 is 2.50 bits per heavy atom. The van der Waals surface area contributed by atoms with Crippen LogP contribution >= 0.6 is 0 Å². The van der Waals surface area contributed by atoms with Crippen LogP contribution in [0.25, 0.3) is 0 Å². The molecule has 1 saturated carbocycles. The molecule has 1 aliphatic carbocycles. The van der Waals surface area contributed by atoms with Crippen LogP contribution in [0.4, 0.5) is 13.2 Å². The molecule has 0 amide bonds. The van der Waals surface area contributed by atoms with Gasteiger partial charge in [0.2, 0.25) is 0 Å². The van der Waals surface area contributed by atoms with Crippen LogP contribution in [-0.2, 0) is 0 Å². The largest absolute Gasteiger partial charge is 0.389 e. The molecule has 0 radical (unpaired) electrons. The summed E-state index contributed by atoms with van der Waals surface area (Å²) in [5, 5.41) is 0. The van der Waals surface area contributed by atoms with E-state index in [1.807, 2.05) is 0 Å². The summed E-state index contributed by atoms with van der Waals surface area (Å²) in [5.74, 6) is 6.45. The van der Waals surface area contributed by atoms with Gasteiger partial charge in [0.05, 0.1) is 0 Å². The summed E-state index contributed by atoms with van der Waals surface area (Å²) < 4.78 is 36.0. The van der Waals surface area contributed by atoms with E-state index in [0.29, 0.717) is 18.3 Å². The van der Waals surface area contributed by atoms with Crippen LogP contribution in [0, 0.1) is 11.8 Å². The van der Waals surface area contributed by atoms with E-state index < -0.39 is 12.6 Å². The topological polar surface area (TPSA) is 38.0 Å². The van der Waals surface area contributed by atoms with E-state index in [1.165, 1.54) is 12.8 Å². The molecule has 0 aliphatic heterocycles. The Hall–Kier alpha value is -0.290. The first-order valence-electron chi connectivity index (χ1n) is 5.97. The molecule has 0 spiro atoms. The number of halogens is 3. The maximum absolute atomic E-state index is 12.0. The highest BCUT2D eigenvalue weighted by Gasteiger charge is 2.32. The molecule has 3 unspecified atom stereocenters. The lowest BCUT2D eigenvalue weighted by molar-refractivity contribution is -0.136. The van der Waals surface area contributed by atoms with Crippen LogP contribution in [0.5, 0.6) is 0 Å². The lowest BCUT2D eigenvalue weighted by atomic mass is 9.87. The van der Waals surface area contributed by atoms with Crippen LogP contribution in [0.1, 0.15) is 45.4 Å². The minimum absolute atomic E-state index is 0.0415. The molecule has 0 aromatic carbocycles. The first-order valence-corrected chi connectivity index (χ1v) is 5.97. The van der Waals surface area contributed by atoms with Crippen molar-refractivity contribution in [2.75, 3.05) is 0 Å². The highest BCUT2D eigenvalue weighted by atomic mass is 19.4. The van der Waals surface area contributed by atoms with Gasteiger partial charge in [0.15, 0.2) is 0 Å². The standard InChI is InChI=1S/C11H21F3N2/c1-8-4-2-5-9(8)10(16-15)6-3-7-11(12,13)14/h8-10,16H,2-7,15H2,1H3. The molecular formula is C11H21F3N2. The summed E-state index contributed by atoms with van der Waals surface area (Å²) in [6.45, 7) is 2.16. The predicted octanol–water partition coefficient (Wildman–Crippen LogP) is 2.99. The van der Waals surface area contributed by atoms with Gasteiger partial charge in [0.25, 0.3) is 0 Å². The summed E-state index contributed by atoms with van der Waals surface area (Å²) >= 11 is 0. The van der Waals surface area contributed by atoms with E-state index in [4.69, 9.17) is 5.84 Å². The van der Waals surface area contributed by atoms with Gasteiger partial charge in [-0.1, -0.05) is 19.8 Å². The van der Waals surface area contributed by atoms with Gasteiger partial charge in [-0.15, -0.1) is 0 Å². The molecule has 3 atom stereocenters. The highest BCUT2D eigenvalue weighted by molar-refractivity contribution is 4.83. The van der Waals surface area contributed by atoms with Gasteiger partial charge in [-0.2, -0.15) is 13.2 Å². The third-order valence-corrected chi connectivity index (χ3v) is 3.63. The molecule has 1 aliphatic rings. The molecule has 2 nitrogen and oxygen atoms in total. The van der Waals surface area contributed by atoms with Gasteiger partial charge < -0.3 is 0 Å². The number of nitrogens with two attached hydrogens (primary N) is 1. The fourth-order valence-corrected chi connectivity index (χ4v) is 2.72. The average molecular weight is 238 g/mol. The smallest absolute Gasteiger partial charge is 0.271 e. The van der Waals surface area contributed by atoms with Crippen molar-refractivity contribution in [2.45, 2.75) is 57.7 Å². The van der Waals surface area contributed by atoms with E-state index >= 15 is 0 Å². The summed E-state index contributed by atoms with van der Waals surface area (Å²) in [7, 11) is 0. The minimum atomic E-state index is -4.04. The molecule has 1 fully saturated rings. The first kappa shape index (κ1) is 13.8. The summed E-state index contributed by atoms with van der Waals surface area (Å²) in [4.78, 5) is 0. The second kappa shape index (κ2) is 5.87. The number of nitrogens with one attached hydrogen (secondary N) is 1. The van der Waals surface area contributed by atoms with Crippen molar-refractivity contribution in [3.05, 3.63) is 0 Å². The third kappa shape index (κ3) is 4.29. The van der Waals surface area contributed by atoms with Gasteiger partial charge in [-0.3, -0.25) is 11.3 Å². The molecule has 0 saturated heterocycles. The zero-order valence-corrected chi connectivity index (χ0v) is 9.69. The Morgan fingerprint density at radius 1 is 1.38 bits per heavy atom. The Bertz CT molecular complexity index is 206. The Kier molecular flexibility index (Phi) is 5.05. The molecule has 0 bridgehead atoms. The lowest BCUT2D eigenvalue weighted by Gasteiger charge is -2.26.